The van der Waals surface area contributed by atoms with Crippen molar-refractivity contribution in [3.05, 3.63) is 21.0 Å². The maximum absolute atomic E-state index is 11.7. The summed E-state index contributed by atoms with van der Waals surface area (Å²) in [6.07, 6.45) is 6.02. The van der Waals surface area contributed by atoms with Crippen LogP contribution < -0.4 is 10.9 Å². The molecule has 2 atom stereocenters. The van der Waals surface area contributed by atoms with Crippen LogP contribution in [0.5, 0.6) is 0 Å². The third-order valence-corrected chi connectivity index (χ3v) is 4.33. The first-order chi connectivity index (χ1) is 8.63. The van der Waals surface area contributed by atoms with Crippen LogP contribution in [0.4, 0.5) is 5.69 Å². The molecule has 0 unspecified atom stereocenters. The number of hydrogen-bond donors (Lipinski definition) is 2. The molecule has 1 heterocycles. The first-order valence-corrected chi connectivity index (χ1v) is 7.02. The van der Waals surface area contributed by atoms with Crippen LogP contribution in [0.1, 0.15) is 25.7 Å². The molecular weight excluding hydrogens is 298 g/mol. The van der Waals surface area contributed by atoms with Gasteiger partial charge in [0.15, 0.2) is 0 Å². The minimum Gasteiger partial charge on any atom is -0.396 e. The second kappa shape index (κ2) is 5.84. The lowest BCUT2D eigenvalue weighted by Gasteiger charge is -2.31. The van der Waals surface area contributed by atoms with E-state index in [0.29, 0.717) is 10.2 Å². The van der Waals surface area contributed by atoms with Crippen LogP contribution in [0.15, 0.2) is 15.5 Å². The average Bonchev–Trinajstić information content (AvgIpc) is 2.40. The highest BCUT2D eigenvalue weighted by Gasteiger charge is 2.25. The minimum atomic E-state index is -0.156. The predicted octanol–water partition coefficient (Wildman–Crippen LogP) is 1.51. The Hall–Kier alpha value is -0.880. The van der Waals surface area contributed by atoms with Crippen molar-refractivity contribution in [2.45, 2.75) is 31.7 Å². The lowest BCUT2D eigenvalue weighted by atomic mass is 9.85. The van der Waals surface area contributed by atoms with Crippen LogP contribution in [0.2, 0.25) is 0 Å². The Balaban J connectivity index is 2.18. The maximum Gasteiger partial charge on any atom is 0.282 e. The highest BCUT2D eigenvalue weighted by molar-refractivity contribution is 9.10. The highest BCUT2D eigenvalue weighted by Crippen LogP contribution is 2.28. The lowest BCUT2D eigenvalue weighted by molar-refractivity contribution is 0.178. The van der Waals surface area contributed by atoms with E-state index in [2.05, 4.69) is 26.3 Å². The summed E-state index contributed by atoms with van der Waals surface area (Å²) in [6, 6.07) is 0.217. The van der Waals surface area contributed by atoms with E-state index in [1.165, 1.54) is 11.1 Å². The van der Waals surface area contributed by atoms with E-state index in [9.17, 15) is 9.90 Å². The van der Waals surface area contributed by atoms with Gasteiger partial charge in [-0.2, -0.15) is 5.10 Å². The monoisotopic (exact) mass is 315 g/mol. The molecule has 100 valence electrons. The molecule has 1 aliphatic carbocycles. The molecule has 0 aliphatic heterocycles. The van der Waals surface area contributed by atoms with Gasteiger partial charge in [-0.25, -0.2) is 4.68 Å². The van der Waals surface area contributed by atoms with E-state index in [1.807, 2.05) is 0 Å². The Morgan fingerprint density at radius 3 is 3.00 bits per heavy atom. The second-order valence-corrected chi connectivity index (χ2v) is 5.57. The zero-order valence-electron chi connectivity index (χ0n) is 10.4. The fourth-order valence-electron chi connectivity index (χ4n) is 2.43. The van der Waals surface area contributed by atoms with E-state index in [0.717, 1.165) is 19.3 Å². The molecule has 0 spiro atoms. The van der Waals surface area contributed by atoms with Crippen LogP contribution in [-0.2, 0) is 7.05 Å². The number of aliphatic hydroxyl groups excluding tert-OH is 1. The van der Waals surface area contributed by atoms with Crippen LogP contribution in [-0.4, -0.2) is 27.5 Å². The van der Waals surface area contributed by atoms with Crippen molar-refractivity contribution < 1.29 is 5.11 Å². The Bertz CT molecular complexity index is 475. The zero-order chi connectivity index (χ0) is 13.1. The Morgan fingerprint density at radius 2 is 2.28 bits per heavy atom. The SMILES string of the molecule is Cn1ncc(N[C@@H]2CCCC[C@H]2CO)c(Br)c1=O. The fourth-order valence-corrected chi connectivity index (χ4v) is 2.90. The van der Waals surface area contributed by atoms with Crippen molar-refractivity contribution in [3.63, 3.8) is 0 Å². The van der Waals surface area contributed by atoms with Gasteiger partial charge >= 0.3 is 0 Å². The molecule has 6 heteroatoms. The van der Waals surface area contributed by atoms with E-state index in [-0.39, 0.29) is 24.1 Å². The van der Waals surface area contributed by atoms with Gasteiger partial charge in [-0.3, -0.25) is 4.79 Å². The molecule has 0 bridgehead atoms. The van der Waals surface area contributed by atoms with Gasteiger partial charge in [0, 0.05) is 25.6 Å². The number of aliphatic hydroxyl groups is 1. The van der Waals surface area contributed by atoms with Crippen molar-refractivity contribution >= 4 is 21.6 Å². The number of aromatic nitrogens is 2. The summed E-state index contributed by atoms with van der Waals surface area (Å²) in [5.74, 6) is 0.259. The third kappa shape index (κ3) is 2.75. The molecule has 0 aromatic carbocycles. The van der Waals surface area contributed by atoms with Crippen molar-refractivity contribution in [2.24, 2.45) is 13.0 Å². The van der Waals surface area contributed by atoms with Crippen molar-refractivity contribution in [3.8, 4) is 0 Å². The van der Waals surface area contributed by atoms with Gasteiger partial charge in [0.1, 0.15) is 4.47 Å². The quantitative estimate of drug-likeness (QED) is 0.887. The molecule has 1 aliphatic rings. The first kappa shape index (κ1) is 13.5. The molecule has 0 amide bonds. The number of aryl methyl sites for hydroxylation is 1. The largest absolute Gasteiger partial charge is 0.396 e. The smallest absolute Gasteiger partial charge is 0.282 e. The summed E-state index contributed by atoms with van der Waals surface area (Å²) in [5.41, 5.74) is 0.555. The lowest BCUT2D eigenvalue weighted by Crippen LogP contribution is -2.35. The molecular formula is C12H18BrN3O2. The van der Waals surface area contributed by atoms with E-state index < -0.39 is 0 Å². The van der Waals surface area contributed by atoms with Gasteiger partial charge < -0.3 is 10.4 Å². The summed E-state index contributed by atoms with van der Waals surface area (Å²) in [4.78, 5) is 11.7. The topological polar surface area (TPSA) is 67.2 Å². The predicted molar refractivity (Wildman–Crippen MR) is 73.6 cm³/mol. The standard InChI is InChI=1S/C12H18BrN3O2/c1-16-12(18)11(13)10(6-14-16)15-9-5-3-2-4-8(9)7-17/h6,8-9,15,17H,2-5,7H2,1H3/t8-,9+/m0/s1. The van der Waals surface area contributed by atoms with Crippen molar-refractivity contribution in [1.29, 1.82) is 0 Å². The molecule has 2 rings (SSSR count). The number of nitrogens with zero attached hydrogens (tertiary/aromatic N) is 2. The van der Waals surface area contributed by atoms with Crippen LogP contribution in [0.3, 0.4) is 0 Å². The molecule has 1 aromatic heterocycles. The molecule has 0 saturated heterocycles. The Labute approximate surface area is 114 Å². The summed E-state index contributed by atoms with van der Waals surface area (Å²) in [7, 11) is 1.62. The third-order valence-electron chi connectivity index (χ3n) is 3.56. The van der Waals surface area contributed by atoms with Crippen LogP contribution in [0.25, 0.3) is 0 Å². The van der Waals surface area contributed by atoms with Crippen LogP contribution >= 0.6 is 15.9 Å². The molecule has 1 fully saturated rings. The van der Waals surface area contributed by atoms with E-state index in [1.54, 1.807) is 13.2 Å². The summed E-state index contributed by atoms with van der Waals surface area (Å²) >= 11 is 3.30. The number of hydrogen-bond acceptors (Lipinski definition) is 4. The number of anilines is 1. The second-order valence-electron chi connectivity index (χ2n) is 4.78. The number of nitrogens with one attached hydrogen (secondary N) is 1. The maximum atomic E-state index is 11.7. The van der Waals surface area contributed by atoms with Crippen molar-refractivity contribution in [2.75, 3.05) is 11.9 Å². The van der Waals surface area contributed by atoms with Crippen molar-refractivity contribution in [1.82, 2.24) is 9.78 Å². The number of halogens is 1. The van der Waals surface area contributed by atoms with Gasteiger partial charge in [0.05, 0.1) is 11.9 Å². The summed E-state index contributed by atoms with van der Waals surface area (Å²) in [5, 5.41) is 16.7. The average molecular weight is 316 g/mol. The Kier molecular flexibility index (Phi) is 4.40. The van der Waals surface area contributed by atoms with Gasteiger partial charge in [0.25, 0.3) is 5.56 Å². The molecule has 1 saturated carbocycles. The van der Waals surface area contributed by atoms with E-state index >= 15 is 0 Å². The minimum absolute atomic E-state index is 0.156. The van der Waals surface area contributed by atoms with Crippen LogP contribution in [0, 0.1) is 5.92 Å². The molecule has 0 radical (unpaired) electrons. The molecule has 2 N–H and O–H groups in total. The first-order valence-electron chi connectivity index (χ1n) is 6.22. The highest BCUT2D eigenvalue weighted by atomic mass is 79.9. The van der Waals surface area contributed by atoms with E-state index in [4.69, 9.17) is 0 Å². The number of rotatable bonds is 3. The van der Waals surface area contributed by atoms with Gasteiger partial charge in [-0.15, -0.1) is 0 Å². The van der Waals surface area contributed by atoms with Gasteiger partial charge in [0.2, 0.25) is 0 Å². The molecule has 5 nitrogen and oxygen atoms in total. The normalized spacial score (nSPS) is 23.9. The van der Waals surface area contributed by atoms with Gasteiger partial charge in [-0.1, -0.05) is 12.8 Å². The summed E-state index contributed by atoms with van der Waals surface area (Å²) in [6.45, 7) is 0.188. The Morgan fingerprint density at radius 1 is 1.56 bits per heavy atom. The van der Waals surface area contributed by atoms with Gasteiger partial charge in [-0.05, 0) is 28.8 Å². The fraction of sp³-hybridized carbons (Fsp3) is 0.667. The molecule has 1 aromatic rings. The zero-order valence-corrected chi connectivity index (χ0v) is 12.0. The molecule has 18 heavy (non-hydrogen) atoms. The summed E-state index contributed by atoms with van der Waals surface area (Å²) < 4.78 is 1.79.